The summed E-state index contributed by atoms with van der Waals surface area (Å²) in [5.74, 6) is 0.463. The van der Waals surface area contributed by atoms with Gasteiger partial charge in [0, 0.05) is 25.2 Å². The van der Waals surface area contributed by atoms with Gasteiger partial charge in [0.2, 0.25) is 5.91 Å². The lowest BCUT2D eigenvalue weighted by atomic mass is 9.97. The number of hydrogen-bond donors (Lipinski definition) is 2. The fraction of sp³-hybridized carbons (Fsp3) is 0.611. The number of rotatable bonds is 5. The SMILES string of the molecule is Cl.O=C(NCC1CCCN(Cc2ccccc2F)C1)C1CCCN1. The summed E-state index contributed by atoms with van der Waals surface area (Å²) in [6.07, 6.45) is 4.26. The Morgan fingerprint density at radius 2 is 2.12 bits per heavy atom. The van der Waals surface area contributed by atoms with Crippen LogP contribution in [-0.2, 0) is 11.3 Å². The third kappa shape index (κ3) is 5.16. The van der Waals surface area contributed by atoms with E-state index in [1.54, 1.807) is 6.07 Å². The fourth-order valence-electron chi connectivity index (χ4n) is 3.61. The van der Waals surface area contributed by atoms with Gasteiger partial charge < -0.3 is 10.6 Å². The number of benzene rings is 1. The lowest BCUT2D eigenvalue weighted by Gasteiger charge is -2.33. The second-order valence-electron chi connectivity index (χ2n) is 6.73. The molecule has 0 spiro atoms. The average molecular weight is 356 g/mol. The number of hydrogen-bond acceptors (Lipinski definition) is 3. The Morgan fingerprint density at radius 1 is 1.29 bits per heavy atom. The largest absolute Gasteiger partial charge is 0.354 e. The van der Waals surface area contributed by atoms with Crippen LogP contribution in [0.5, 0.6) is 0 Å². The number of carbonyl (C=O) groups excluding carboxylic acids is 1. The minimum absolute atomic E-state index is 0. The minimum atomic E-state index is -0.129. The molecule has 1 aromatic rings. The molecule has 0 aromatic heterocycles. The first-order chi connectivity index (χ1) is 11.2. The van der Waals surface area contributed by atoms with Crippen molar-refractivity contribution in [2.24, 2.45) is 5.92 Å². The summed E-state index contributed by atoms with van der Waals surface area (Å²) < 4.78 is 13.8. The number of likely N-dealkylation sites (tertiary alicyclic amines) is 1. The molecule has 0 radical (unpaired) electrons. The molecule has 2 atom stereocenters. The number of amides is 1. The predicted octanol–water partition coefficient (Wildman–Crippen LogP) is 2.33. The predicted molar refractivity (Wildman–Crippen MR) is 95.7 cm³/mol. The van der Waals surface area contributed by atoms with E-state index in [-0.39, 0.29) is 30.2 Å². The van der Waals surface area contributed by atoms with Crippen LogP contribution in [0.1, 0.15) is 31.2 Å². The lowest BCUT2D eigenvalue weighted by Crippen LogP contribution is -2.45. The van der Waals surface area contributed by atoms with Gasteiger partial charge in [-0.25, -0.2) is 4.39 Å². The van der Waals surface area contributed by atoms with Crippen molar-refractivity contribution in [3.63, 3.8) is 0 Å². The highest BCUT2D eigenvalue weighted by molar-refractivity contribution is 5.85. The summed E-state index contributed by atoms with van der Waals surface area (Å²) in [5.41, 5.74) is 0.757. The number of piperidine rings is 1. The number of carbonyl (C=O) groups is 1. The molecule has 2 unspecified atom stereocenters. The second kappa shape index (κ2) is 9.35. The van der Waals surface area contributed by atoms with Crippen LogP contribution in [-0.4, -0.2) is 43.0 Å². The second-order valence-corrected chi connectivity index (χ2v) is 6.73. The van der Waals surface area contributed by atoms with Crippen molar-refractivity contribution >= 4 is 18.3 Å². The highest BCUT2D eigenvalue weighted by atomic mass is 35.5. The van der Waals surface area contributed by atoms with Crippen LogP contribution in [0.4, 0.5) is 4.39 Å². The van der Waals surface area contributed by atoms with Crippen LogP contribution >= 0.6 is 12.4 Å². The van der Waals surface area contributed by atoms with Crippen LogP contribution in [0.15, 0.2) is 24.3 Å². The van der Waals surface area contributed by atoms with Gasteiger partial charge in [0.25, 0.3) is 0 Å². The van der Waals surface area contributed by atoms with Gasteiger partial charge in [-0.15, -0.1) is 12.4 Å². The maximum Gasteiger partial charge on any atom is 0.237 e. The van der Waals surface area contributed by atoms with E-state index in [1.807, 2.05) is 12.1 Å². The Labute approximate surface area is 149 Å². The Kier molecular flexibility index (Phi) is 7.46. The van der Waals surface area contributed by atoms with E-state index in [4.69, 9.17) is 0 Å². The molecule has 1 aromatic carbocycles. The van der Waals surface area contributed by atoms with E-state index in [1.165, 1.54) is 6.07 Å². The summed E-state index contributed by atoms with van der Waals surface area (Å²) in [7, 11) is 0. The monoisotopic (exact) mass is 355 g/mol. The van der Waals surface area contributed by atoms with Crippen molar-refractivity contribution in [2.75, 3.05) is 26.2 Å². The first-order valence-corrected chi connectivity index (χ1v) is 8.69. The third-order valence-corrected chi connectivity index (χ3v) is 4.90. The zero-order chi connectivity index (χ0) is 16.1. The topological polar surface area (TPSA) is 44.4 Å². The molecule has 2 saturated heterocycles. The molecule has 24 heavy (non-hydrogen) atoms. The van der Waals surface area contributed by atoms with Crippen molar-refractivity contribution in [2.45, 2.75) is 38.3 Å². The van der Waals surface area contributed by atoms with E-state index < -0.39 is 0 Å². The normalized spacial score (nSPS) is 24.4. The molecule has 2 N–H and O–H groups in total. The van der Waals surface area contributed by atoms with Crippen LogP contribution in [0.25, 0.3) is 0 Å². The Bertz CT molecular complexity index is 537. The number of nitrogens with zero attached hydrogens (tertiary/aromatic N) is 1. The van der Waals surface area contributed by atoms with E-state index >= 15 is 0 Å². The summed E-state index contributed by atoms with van der Waals surface area (Å²) >= 11 is 0. The minimum Gasteiger partial charge on any atom is -0.354 e. The van der Waals surface area contributed by atoms with Crippen LogP contribution in [0, 0.1) is 11.7 Å². The molecule has 2 aliphatic rings. The molecule has 0 bridgehead atoms. The fourth-order valence-corrected chi connectivity index (χ4v) is 3.61. The van der Waals surface area contributed by atoms with Gasteiger partial charge in [0.1, 0.15) is 5.82 Å². The van der Waals surface area contributed by atoms with E-state index in [0.29, 0.717) is 12.5 Å². The first-order valence-electron chi connectivity index (χ1n) is 8.69. The average Bonchev–Trinajstić information content (AvgIpc) is 3.10. The molecule has 134 valence electrons. The molecule has 1 amide bonds. The van der Waals surface area contributed by atoms with Gasteiger partial charge in [-0.1, -0.05) is 18.2 Å². The van der Waals surface area contributed by atoms with Gasteiger partial charge in [-0.05, 0) is 50.8 Å². The van der Waals surface area contributed by atoms with Crippen molar-refractivity contribution in [3.05, 3.63) is 35.6 Å². The highest BCUT2D eigenvalue weighted by Crippen LogP contribution is 2.19. The molecule has 3 rings (SSSR count). The highest BCUT2D eigenvalue weighted by Gasteiger charge is 2.24. The van der Waals surface area contributed by atoms with E-state index in [9.17, 15) is 9.18 Å². The lowest BCUT2D eigenvalue weighted by molar-refractivity contribution is -0.123. The van der Waals surface area contributed by atoms with Gasteiger partial charge in [0.15, 0.2) is 0 Å². The van der Waals surface area contributed by atoms with Crippen LogP contribution < -0.4 is 10.6 Å². The van der Waals surface area contributed by atoms with Gasteiger partial charge in [-0.2, -0.15) is 0 Å². The molecule has 4 nitrogen and oxygen atoms in total. The first kappa shape index (κ1) is 19.2. The maximum absolute atomic E-state index is 13.8. The molecule has 2 aliphatic heterocycles. The summed E-state index contributed by atoms with van der Waals surface area (Å²) in [5, 5.41) is 6.32. The van der Waals surface area contributed by atoms with E-state index in [0.717, 1.165) is 57.4 Å². The quantitative estimate of drug-likeness (QED) is 0.852. The zero-order valence-electron chi connectivity index (χ0n) is 14.0. The van der Waals surface area contributed by atoms with Gasteiger partial charge >= 0.3 is 0 Å². The summed E-state index contributed by atoms with van der Waals surface area (Å²) in [4.78, 5) is 14.4. The zero-order valence-corrected chi connectivity index (χ0v) is 14.8. The third-order valence-electron chi connectivity index (χ3n) is 4.90. The smallest absolute Gasteiger partial charge is 0.237 e. The molecular formula is C18H27ClFN3O. The van der Waals surface area contributed by atoms with Crippen LogP contribution in [0.3, 0.4) is 0 Å². The van der Waals surface area contributed by atoms with Crippen molar-refractivity contribution < 1.29 is 9.18 Å². The molecule has 2 fully saturated rings. The van der Waals surface area contributed by atoms with Crippen LogP contribution in [0.2, 0.25) is 0 Å². The number of halogens is 2. The molecule has 6 heteroatoms. The molecule has 0 saturated carbocycles. The standard InChI is InChI=1S/C18H26FN3O.ClH/c19-16-7-2-1-6-15(16)13-22-10-4-5-14(12-22)11-21-18(23)17-8-3-9-20-17;/h1-2,6-7,14,17,20H,3-5,8-13H2,(H,21,23);1H. The Morgan fingerprint density at radius 3 is 2.88 bits per heavy atom. The summed E-state index contributed by atoms with van der Waals surface area (Å²) in [6.45, 7) is 4.25. The summed E-state index contributed by atoms with van der Waals surface area (Å²) in [6, 6.07) is 6.98. The number of nitrogens with one attached hydrogen (secondary N) is 2. The Balaban J connectivity index is 0.00000208. The van der Waals surface area contributed by atoms with Crippen molar-refractivity contribution in [1.82, 2.24) is 15.5 Å². The van der Waals surface area contributed by atoms with Gasteiger partial charge in [-0.3, -0.25) is 9.69 Å². The van der Waals surface area contributed by atoms with E-state index in [2.05, 4.69) is 15.5 Å². The van der Waals surface area contributed by atoms with Crippen molar-refractivity contribution in [1.29, 1.82) is 0 Å². The molecule has 2 heterocycles. The Hall–Kier alpha value is -1.17. The molecular weight excluding hydrogens is 329 g/mol. The van der Waals surface area contributed by atoms with Crippen molar-refractivity contribution in [3.8, 4) is 0 Å². The maximum atomic E-state index is 13.8. The molecule has 0 aliphatic carbocycles. The van der Waals surface area contributed by atoms with Gasteiger partial charge in [0.05, 0.1) is 6.04 Å².